The van der Waals surface area contributed by atoms with Gasteiger partial charge in [-0.05, 0) is 36.5 Å². The highest BCUT2D eigenvalue weighted by atomic mass is 19.1. The van der Waals surface area contributed by atoms with E-state index in [1.807, 2.05) is 34.9 Å². The monoisotopic (exact) mass is 313 g/mol. The summed E-state index contributed by atoms with van der Waals surface area (Å²) in [6, 6.07) is 12.0. The predicted molar refractivity (Wildman–Crippen MR) is 85.3 cm³/mol. The Kier molecular flexibility index (Phi) is 3.42. The van der Waals surface area contributed by atoms with Crippen molar-refractivity contribution in [3.63, 3.8) is 0 Å². The van der Waals surface area contributed by atoms with E-state index in [2.05, 4.69) is 0 Å². The molecule has 1 N–H and O–H groups in total. The van der Waals surface area contributed by atoms with Gasteiger partial charge in [0, 0.05) is 18.0 Å². The maximum absolute atomic E-state index is 14.5. The smallest absolute Gasteiger partial charge is 0.150 e. The molecule has 0 radical (unpaired) electrons. The summed E-state index contributed by atoms with van der Waals surface area (Å²) in [5.41, 5.74) is 3.03. The number of aromatic nitrogens is 1. The van der Waals surface area contributed by atoms with Crippen molar-refractivity contribution in [3.8, 4) is 0 Å². The van der Waals surface area contributed by atoms with Gasteiger partial charge in [0.15, 0.2) is 0 Å². The van der Waals surface area contributed by atoms with E-state index in [0.29, 0.717) is 23.9 Å². The highest BCUT2D eigenvalue weighted by Crippen LogP contribution is 2.39. The molecular formula is C19H17F2NO. The second-order valence-corrected chi connectivity index (χ2v) is 6.13. The summed E-state index contributed by atoms with van der Waals surface area (Å²) in [5, 5.41) is 11.0. The number of aryl methyl sites for hydroxylation is 1. The van der Waals surface area contributed by atoms with E-state index in [1.54, 1.807) is 0 Å². The van der Waals surface area contributed by atoms with E-state index < -0.39 is 17.7 Å². The minimum absolute atomic E-state index is 0.390. The van der Waals surface area contributed by atoms with Gasteiger partial charge >= 0.3 is 0 Å². The molecule has 0 unspecified atom stereocenters. The lowest BCUT2D eigenvalue weighted by Crippen LogP contribution is -2.14. The van der Waals surface area contributed by atoms with Crippen LogP contribution < -0.4 is 0 Å². The first-order valence-corrected chi connectivity index (χ1v) is 7.87. The normalized spacial score (nSPS) is 17.4. The lowest BCUT2D eigenvalue weighted by Gasteiger charge is -2.21. The number of fused-ring (bicyclic) bond motifs is 3. The number of aliphatic hydroxyl groups excluding tert-OH is 1. The highest BCUT2D eigenvalue weighted by molar-refractivity contribution is 5.86. The van der Waals surface area contributed by atoms with Crippen LogP contribution in [0.25, 0.3) is 10.9 Å². The molecule has 0 aliphatic heterocycles. The molecule has 23 heavy (non-hydrogen) atoms. The summed E-state index contributed by atoms with van der Waals surface area (Å²) >= 11 is 0. The van der Waals surface area contributed by atoms with E-state index in [4.69, 9.17) is 0 Å². The number of aliphatic hydroxyl groups is 1. The summed E-state index contributed by atoms with van der Waals surface area (Å²) in [5.74, 6) is -1.15. The Morgan fingerprint density at radius 3 is 2.70 bits per heavy atom. The van der Waals surface area contributed by atoms with E-state index in [1.165, 1.54) is 6.07 Å². The molecule has 0 fully saturated rings. The lowest BCUT2D eigenvalue weighted by atomic mass is 9.93. The quantitative estimate of drug-likeness (QED) is 0.748. The first-order chi connectivity index (χ1) is 11.1. The first kappa shape index (κ1) is 14.4. The zero-order valence-electron chi connectivity index (χ0n) is 12.6. The molecule has 3 aromatic rings. The van der Waals surface area contributed by atoms with Gasteiger partial charge in [-0.25, -0.2) is 8.78 Å². The van der Waals surface area contributed by atoms with Crippen LogP contribution in [0.3, 0.4) is 0 Å². The van der Waals surface area contributed by atoms with E-state index in [9.17, 15) is 13.9 Å². The third-order valence-electron chi connectivity index (χ3n) is 4.63. The predicted octanol–water partition coefficient (Wildman–Crippen LogP) is 4.34. The first-order valence-electron chi connectivity index (χ1n) is 7.87. The number of benzene rings is 2. The van der Waals surface area contributed by atoms with Crippen LogP contribution in [0.15, 0.2) is 42.5 Å². The number of rotatable bonds is 2. The van der Waals surface area contributed by atoms with Gasteiger partial charge in [-0.1, -0.05) is 30.3 Å². The summed E-state index contributed by atoms with van der Waals surface area (Å²) < 4.78 is 30.0. The molecule has 0 saturated heterocycles. The Labute approximate surface area is 133 Å². The van der Waals surface area contributed by atoms with Gasteiger partial charge in [0.05, 0.1) is 17.3 Å². The molecule has 1 aliphatic rings. The maximum Gasteiger partial charge on any atom is 0.150 e. The molecule has 1 atom stereocenters. The highest BCUT2D eigenvalue weighted by Gasteiger charge is 2.28. The van der Waals surface area contributed by atoms with Crippen LogP contribution in [0.2, 0.25) is 0 Å². The molecule has 2 aromatic carbocycles. The van der Waals surface area contributed by atoms with Gasteiger partial charge in [-0.2, -0.15) is 0 Å². The number of hydrogen-bond donors (Lipinski definition) is 1. The number of hydrogen-bond acceptors (Lipinski definition) is 1. The van der Waals surface area contributed by atoms with Crippen molar-refractivity contribution in [3.05, 3.63) is 70.9 Å². The Bertz CT molecular complexity index is 870. The fourth-order valence-electron chi connectivity index (χ4n) is 3.67. The van der Waals surface area contributed by atoms with Crippen LogP contribution in [0.1, 0.15) is 35.8 Å². The van der Waals surface area contributed by atoms with Gasteiger partial charge in [-0.15, -0.1) is 0 Å². The van der Waals surface area contributed by atoms with Crippen molar-refractivity contribution in [1.29, 1.82) is 0 Å². The minimum Gasteiger partial charge on any atom is -0.387 e. The molecule has 1 aromatic heterocycles. The topological polar surface area (TPSA) is 25.2 Å². The van der Waals surface area contributed by atoms with Crippen LogP contribution in [0.5, 0.6) is 0 Å². The molecule has 4 rings (SSSR count). The van der Waals surface area contributed by atoms with Crippen LogP contribution in [-0.2, 0) is 13.0 Å². The fraction of sp³-hybridized carbons (Fsp3) is 0.263. The molecule has 0 saturated carbocycles. The van der Waals surface area contributed by atoms with Gasteiger partial charge in [0.2, 0.25) is 0 Å². The van der Waals surface area contributed by atoms with Crippen molar-refractivity contribution in [1.82, 2.24) is 4.57 Å². The van der Waals surface area contributed by atoms with Crippen molar-refractivity contribution in [2.24, 2.45) is 0 Å². The SMILES string of the molecule is O[C@H]1CCCc2c1n(Cc1ccccc1)c1c(F)cc(F)cc21. The summed E-state index contributed by atoms with van der Waals surface area (Å²) in [4.78, 5) is 0. The van der Waals surface area contributed by atoms with Crippen LogP contribution in [0.4, 0.5) is 8.78 Å². The molecule has 1 aliphatic carbocycles. The third kappa shape index (κ3) is 2.34. The third-order valence-corrected chi connectivity index (χ3v) is 4.63. The van der Waals surface area contributed by atoms with Gasteiger partial charge in [0.25, 0.3) is 0 Å². The van der Waals surface area contributed by atoms with Crippen molar-refractivity contribution >= 4 is 10.9 Å². The van der Waals surface area contributed by atoms with Crippen LogP contribution >= 0.6 is 0 Å². The average molecular weight is 313 g/mol. The zero-order chi connectivity index (χ0) is 16.0. The standard InChI is InChI=1S/C19H17F2NO/c20-13-9-15-14-7-4-8-17(23)19(14)22(18(15)16(21)10-13)11-12-5-2-1-3-6-12/h1-3,5-6,9-10,17,23H,4,7-8,11H2/t17-/m0/s1. The molecule has 1 heterocycles. The molecule has 0 spiro atoms. The van der Waals surface area contributed by atoms with Crippen LogP contribution in [-0.4, -0.2) is 9.67 Å². The number of nitrogens with zero attached hydrogens (tertiary/aromatic N) is 1. The Hall–Kier alpha value is -2.20. The van der Waals surface area contributed by atoms with Crippen molar-refractivity contribution < 1.29 is 13.9 Å². The maximum atomic E-state index is 14.5. The fourth-order valence-corrected chi connectivity index (χ4v) is 3.67. The zero-order valence-corrected chi connectivity index (χ0v) is 12.6. The lowest BCUT2D eigenvalue weighted by molar-refractivity contribution is 0.148. The van der Waals surface area contributed by atoms with Crippen molar-refractivity contribution in [2.75, 3.05) is 0 Å². The molecule has 118 valence electrons. The summed E-state index contributed by atoms with van der Waals surface area (Å²) in [6.45, 7) is 0.465. The second-order valence-electron chi connectivity index (χ2n) is 6.13. The second kappa shape index (κ2) is 5.46. The van der Waals surface area contributed by atoms with Gasteiger partial charge < -0.3 is 9.67 Å². The largest absolute Gasteiger partial charge is 0.387 e. The van der Waals surface area contributed by atoms with Crippen molar-refractivity contribution in [2.45, 2.75) is 31.9 Å². The summed E-state index contributed by atoms with van der Waals surface area (Å²) in [7, 11) is 0. The molecule has 4 heteroatoms. The van der Waals surface area contributed by atoms with Gasteiger partial charge in [-0.3, -0.25) is 0 Å². The van der Waals surface area contributed by atoms with E-state index in [0.717, 1.165) is 35.7 Å². The number of halogens is 2. The van der Waals surface area contributed by atoms with E-state index in [-0.39, 0.29) is 0 Å². The Morgan fingerprint density at radius 2 is 1.91 bits per heavy atom. The molecule has 0 amide bonds. The minimum atomic E-state index is -0.627. The summed E-state index contributed by atoms with van der Waals surface area (Å²) in [6.07, 6.45) is 1.60. The Balaban J connectivity index is 1.99. The van der Waals surface area contributed by atoms with Crippen LogP contribution in [0, 0.1) is 11.6 Å². The molecule has 2 nitrogen and oxygen atoms in total. The molecular weight excluding hydrogens is 296 g/mol. The average Bonchev–Trinajstić information content (AvgIpc) is 2.84. The molecule has 0 bridgehead atoms. The van der Waals surface area contributed by atoms with Gasteiger partial charge in [0.1, 0.15) is 11.6 Å². The van der Waals surface area contributed by atoms with E-state index >= 15 is 0 Å². The Morgan fingerprint density at radius 1 is 1.13 bits per heavy atom.